The van der Waals surface area contributed by atoms with E-state index in [-0.39, 0.29) is 11.9 Å². The summed E-state index contributed by atoms with van der Waals surface area (Å²) in [6.45, 7) is 5.78. The maximum Gasteiger partial charge on any atom is 0.242 e. The third-order valence-corrected chi connectivity index (χ3v) is 2.39. The van der Waals surface area contributed by atoms with Crippen molar-refractivity contribution in [2.75, 3.05) is 11.9 Å². The van der Waals surface area contributed by atoms with Crippen molar-refractivity contribution < 1.29 is 4.79 Å². The molecule has 86 valence electrons. The fourth-order valence-corrected chi connectivity index (χ4v) is 1.39. The third kappa shape index (κ3) is 3.59. The van der Waals surface area contributed by atoms with Gasteiger partial charge >= 0.3 is 0 Å². The van der Waals surface area contributed by atoms with E-state index in [4.69, 9.17) is 11.6 Å². The van der Waals surface area contributed by atoms with Gasteiger partial charge in [-0.25, -0.2) is 0 Å². The van der Waals surface area contributed by atoms with Crippen LogP contribution in [0.2, 0.25) is 5.02 Å². The summed E-state index contributed by atoms with van der Waals surface area (Å²) in [7, 11) is 0. The highest BCUT2D eigenvalue weighted by Gasteiger charge is 2.12. The van der Waals surface area contributed by atoms with Crippen LogP contribution in [0, 0.1) is 0 Å². The Hall–Kier alpha value is -1.48. The molecule has 1 atom stereocenters. The van der Waals surface area contributed by atoms with Crippen LogP contribution < -0.4 is 10.6 Å². The second kappa shape index (κ2) is 6.18. The first-order chi connectivity index (χ1) is 7.65. The molecule has 2 N–H and O–H groups in total. The summed E-state index contributed by atoms with van der Waals surface area (Å²) in [5.41, 5.74) is 0.755. The first-order valence-corrected chi connectivity index (χ1v) is 5.42. The van der Waals surface area contributed by atoms with Gasteiger partial charge in [0.2, 0.25) is 5.91 Å². The molecule has 0 aliphatic rings. The molecule has 0 bridgehead atoms. The molecule has 0 saturated carbocycles. The molecule has 4 heteroatoms. The van der Waals surface area contributed by atoms with Crippen molar-refractivity contribution in [3.8, 4) is 0 Å². The minimum absolute atomic E-state index is 0.0835. The van der Waals surface area contributed by atoms with Crippen molar-refractivity contribution in [3.63, 3.8) is 0 Å². The van der Waals surface area contributed by atoms with Crippen LogP contribution >= 0.6 is 11.6 Å². The average molecular weight is 239 g/mol. The molecule has 16 heavy (non-hydrogen) atoms. The second-order valence-electron chi connectivity index (χ2n) is 3.38. The quantitative estimate of drug-likeness (QED) is 0.774. The zero-order chi connectivity index (χ0) is 12.0. The van der Waals surface area contributed by atoms with Gasteiger partial charge in [0.1, 0.15) is 6.04 Å². The predicted octanol–water partition coefficient (Wildman–Crippen LogP) is 2.44. The number of hydrogen-bond donors (Lipinski definition) is 2. The van der Waals surface area contributed by atoms with E-state index in [0.29, 0.717) is 11.6 Å². The maximum atomic E-state index is 11.6. The minimum atomic E-state index is -0.333. The highest BCUT2D eigenvalue weighted by molar-refractivity contribution is 6.33. The van der Waals surface area contributed by atoms with E-state index in [1.807, 2.05) is 18.2 Å². The molecule has 0 fully saturated rings. The van der Waals surface area contributed by atoms with Crippen LogP contribution in [-0.2, 0) is 4.79 Å². The number of carbonyl (C=O) groups excluding carboxylic acids is 1. The molecule has 0 aliphatic heterocycles. The highest BCUT2D eigenvalue weighted by Crippen LogP contribution is 2.20. The standard InChI is InChI=1S/C12H15ClN2O/c1-3-8-14-12(16)9(2)15-11-7-5-4-6-10(11)13/h3-7,9,15H,1,8H2,2H3,(H,14,16). The number of amides is 1. The number of carbonyl (C=O) groups is 1. The Bertz CT molecular complexity index is 379. The third-order valence-electron chi connectivity index (χ3n) is 2.06. The van der Waals surface area contributed by atoms with Crippen LogP contribution in [0.5, 0.6) is 0 Å². The Kier molecular flexibility index (Phi) is 4.86. The van der Waals surface area contributed by atoms with Gasteiger partial charge in [0.05, 0.1) is 10.7 Å². The van der Waals surface area contributed by atoms with E-state index in [1.54, 1.807) is 19.1 Å². The lowest BCUT2D eigenvalue weighted by Crippen LogP contribution is -2.37. The first kappa shape index (κ1) is 12.6. The molecule has 1 rings (SSSR count). The Morgan fingerprint density at radius 1 is 1.56 bits per heavy atom. The van der Waals surface area contributed by atoms with Gasteiger partial charge in [0.15, 0.2) is 0 Å². The molecule has 3 nitrogen and oxygen atoms in total. The van der Waals surface area contributed by atoms with E-state index in [1.165, 1.54) is 0 Å². The van der Waals surface area contributed by atoms with Crippen LogP contribution in [0.25, 0.3) is 0 Å². The average Bonchev–Trinajstić information content (AvgIpc) is 2.28. The largest absolute Gasteiger partial charge is 0.373 e. The zero-order valence-corrected chi connectivity index (χ0v) is 9.92. The minimum Gasteiger partial charge on any atom is -0.373 e. The smallest absolute Gasteiger partial charge is 0.242 e. The van der Waals surface area contributed by atoms with Crippen LogP contribution in [0.4, 0.5) is 5.69 Å². The van der Waals surface area contributed by atoms with Gasteiger partial charge in [0.25, 0.3) is 0 Å². The lowest BCUT2D eigenvalue weighted by atomic mass is 10.2. The molecule has 0 aliphatic carbocycles. The molecular weight excluding hydrogens is 224 g/mol. The number of nitrogens with one attached hydrogen (secondary N) is 2. The number of rotatable bonds is 5. The highest BCUT2D eigenvalue weighted by atomic mass is 35.5. The molecule has 1 aromatic carbocycles. The van der Waals surface area contributed by atoms with Gasteiger partial charge in [-0.3, -0.25) is 4.79 Å². The molecule has 1 unspecified atom stereocenters. The molecule has 1 aromatic rings. The van der Waals surface area contributed by atoms with E-state index in [9.17, 15) is 4.79 Å². The SMILES string of the molecule is C=CCNC(=O)C(C)Nc1ccccc1Cl. The summed E-state index contributed by atoms with van der Waals surface area (Å²) in [6, 6.07) is 6.98. The van der Waals surface area contributed by atoms with Gasteiger partial charge in [-0.1, -0.05) is 29.8 Å². The number of halogens is 1. The van der Waals surface area contributed by atoms with Crippen molar-refractivity contribution in [2.45, 2.75) is 13.0 Å². The summed E-state index contributed by atoms with van der Waals surface area (Å²) in [6.07, 6.45) is 1.64. The summed E-state index contributed by atoms with van der Waals surface area (Å²) in [5.74, 6) is -0.0835. The van der Waals surface area contributed by atoms with Crippen LogP contribution in [0.3, 0.4) is 0 Å². The van der Waals surface area contributed by atoms with Crippen molar-refractivity contribution in [1.82, 2.24) is 5.32 Å². The predicted molar refractivity (Wildman–Crippen MR) is 67.7 cm³/mol. The van der Waals surface area contributed by atoms with Crippen LogP contribution in [0.1, 0.15) is 6.92 Å². The van der Waals surface area contributed by atoms with Crippen LogP contribution in [-0.4, -0.2) is 18.5 Å². The number of anilines is 1. The van der Waals surface area contributed by atoms with Gasteiger partial charge < -0.3 is 10.6 Å². The normalized spacial score (nSPS) is 11.6. The van der Waals surface area contributed by atoms with Crippen molar-refractivity contribution >= 4 is 23.2 Å². The van der Waals surface area contributed by atoms with Crippen molar-refractivity contribution in [1.29, 1.82) is 0 Å². The summed E-state index contributed by atoms with van der Waals surface area (Å²) in [4.78, 5) is 11.6. The fourth-order valence-electron chi connectivity index (χ4n) is 1.20. The van der Waals surface area contributed by atoms with Gasteiger partial charge in [0, 0.05) is 6.54 Å². The van der Waals surface area contributed by atoms with Crippen LogP contribution in [0.15, 0.2) is 36.9 Å². The maximum absolute atomic E-state index is 11.6. The van der Waals surface area contributed by atoms with Crippen molar-refractivity contribution in [2.24, 2.45) is 0 Å². The van der Waals surface area contributed by atoms with E-state index >= 15 is 0 Å². The Balaban J connectivity index is 2.57. The second-order valence-corrected chi connectivity index (χ2v) is 3.79. The Morgan fingerprint density at radius 3 is 2.88 bits per heavy atom. The monoisotopic (exact) mass is 238 g/mol. The van der Waals surface area contributed by atoms with Gasteiger partial charge in [-0.05, 0) is 19.1 Å². The van der Waals surface area contributed by atoms with E-state index in [2.05, 4.69) is 17.2 Å². The topological polar surface area (TPSA) is 41.1 Å². The Morgan fingerprint density at radius 2 is 2.25 bits per heavy atom. The number of para-hydroxylation sites is 1. The van der Waals surface area contributed by atoms with Crippen molar-refractivity contribution in [3.05, 3.63) is 41.9 Å². The summed E-state index contributed by atoms with van der Waals surface area (Å²) >= 11 is 5.97. The van der Waals surface area contributed by atoms with Gasteiger partial charge in [-0.15, -0.1) is 6.58 Å². The van der Waals surface area contributed by atoms with E-state index in [0.717, 1.165) is 5.69 Å². The number of benzene rings is 1. The molecular formula is C12H15ClN2O. The summed E-state index contributed by atoms with van der Waals surface area (Å²) in [5, 5.41) is 6.35. The molecule has 0 aromatic heterocycles. The summed E-state index contributed by atoms with van der Waals surface area (Å²) < 4.78 is 0. The van der Waals surface area contributed by atoms with Gasteiger partial charge in [-0.2, -0.15) is 0 Å². The first-order valence-electron chi connectivity index (χ1n) is 5.05. The molecule has 0 heterocycles. The number of hydrogen-bond acceptors (Lipinski definition) is 2. The molecule has 0 saturated heterocycles. The van der Waals surface area contributed by atoms with E-state index < -0.39 is 0 Å². The lowest BCUT2D eigenvalue weighted by molar-refractivity contribution is -0.121. The zero-order valence-electron chi connectivity index (χ0n) is 9.16. The fraction of sp³-hybridized carbons (Fsp3) is 0.250. The Labute approximate surface area is 100 Å². The molecule has 1 amide bonds. The lowest BCUT2D eigenvalue weighted by Gasteiger charge is -2.15. The molecule has 0 radical (unpaired) electrons. The molecule has 0 spiro atoms.